The number of nitrogens with zero attached hydrogens (tertiary/aromatic N) is 2. The van der Waals surface area contributed by atoms with Gasteiger partial charge in [0.15, 0.2) is 0 Å². The lowest BCUT2D eigenvalue weighted by Crippen LogP contribution is -2.61. The Labute approximate surface area is 137 Å². The second kappa shape index (κ2) is 6.14. The molecule has 0 radical (unpaired) electrons. The molecule has 0 aromatic carbocycles. The molecule has 3 heterocycles. The summed E-state index contributed by atoms with van der Waals surface area (Å²) >= 11 is 2.15. The van der Waals surface area contributed by atoms with Crippen LogP contribution >= 0.6 is 11.8 Å². The SMILES string of the molecule is Cc1cccc(COC2CSC3(C2)CN(C2CCCC2)C3)n1. The van der Waals surface area contributed by atoms with Crippen molar-refractivity contribution in [3.63, 3.8) is 0 Å². The first kappa shape index (κ1) is 15.0. The summed E-state index contributed by atoms with van der Waals surface area (Å²) in [7, 11) is 0. The maximum atomic E-state index is 6.13. The molecule has 1 aliphatic carbocycles. The van der Waals surface area contributed by atoms with Crippen molar-refractivity contribution < 1.29 is 4.74 Å². The summed E-state index contributed by atoms with van der Waals surface area (Å²) in [5.41, 5.74) is 2.14. The summed E-state index contributed by atoms with van der Waals surface area (Å²) in [5, 5.41) is 0. The molecule has 2 saturated heterocycles. The van der Waals surface area contributed by atoms with Crippen LogP contribution in [0.25, 0.3) is 0 Å². The molecule has 0 amide bonds. The van der Waals surface area contributed by atoms with Gasteiger partial charge in [-0.1, -0.05) is 18.9 Å². The Morgan fingerprint density at radius 3 is 2.91 bits per heavy atom. The Balaban J connectivity index is 1.25. The minimum atomic E-state index is 0.415. The molecule has 1 atom stereocenters. The molecule has 4 rings (SSSR count). The molecule has 3 aliphatic rings. The van der Waals surface area contributed by atoms with Crippen LogP contribution in [-0.2, 0) is 11.3 Å². The standard InChI is InChI=1S/C18H26N2OS/c1-14-5-4-6-15(19-14)10-21-17-9-18(22-11-17)12-20(13-18)16-7-2-3-8-16/h4-6,16-17H,2-3,7-13H2,1H3. The van der Waals surface area contributed by atoms with Gasteiger partial charge in [-0.25, -0.2) is 0 Å². The zero-order chi connectivity index (χ0) is 15.0. The summed E-state index contributed by atoms with van der Waals surface area (Å²) in [6.07, 6.45) is 7.39. The van der Waals surface area contributed by atoms with Gasteiger partial charge in [0, 0.05) is 35.3 Å². The minimum Gasteiger partial charge on any atom is -0.371 e. The molecule has 22 heavy (non-hydrogen) atoms. The molecule has 3 nitrogen and oxygen atoms in total. The van der Waals surface area contributed by atoms with Crippen LogP contribution in [0, 0.1) is 6.92 Å². The molecule has 1 aromatic heterocycles. The largest absolute Gasteiger partial charge is 0.371 e. The van der Waals surface area contributed by atoms with E-state index in [9.17, 15) is 0 Å². The highest BCUT2D eigenvalue weighted by atomic mass is 32.2. The zero-order valence-electron chi connectivity index (χ0n) is 13.5. The smallest absolute Gasteiger partial charge is 0.0892 e. The summed E-state index contributed by atoms with van der Waals surface area (Å²) in [4.78, 5) is 7.26. The van der Waals surface area contributed by atoms with Gasteiger partial charge in [-0.15, -0.1) is 11.8 Å². The third kappa shape index (κ3) is 3.06. The second-order valence-electron chi connectivity index (χ2n) is 7.24. The highest BCUT2D eigenvalue weighted by Crippen LogP contribution is 2.48. The fourth-order valence-corrected chi connectivity index (χ4v) is 5.81. The van der Waals surface area contributed by atoms with Crippen LogP contribution in [0.2, 0.25) is 0 Å². The average molecular weight is 318 g/mol. The Morgan fingerprint density at radius 2 is 2.14 bits per heavy atom. The molecule has 1 saturated carbocycles. The minimum absolute atomic E-state index is 0.415. The third-order valence-electron chi connectivity index (χ3n) is 5.41. The number of ether oxygens (including phenoxy) is 1. The summed E-state index contributed by atoms with van der Waals surface area (Å²) in [6, 6.07) is 7.06. The van der Waals surface area contributed by atoms with Crippen LogP contribution < -0.4 is 0 Å². The number of aryl methyl sites for hydroxylation is 1. The molecule has 1 spiro atoms. The van der Waals surface area contributed by atoms with E-state index in [0.29, 0.717) is 17.5 Å². The van der Waals surface area contributed by atoms with Crippen LogP contribution in [0.1, 0.15) is 43.5 Å². The molecule has 1 unspecified atom stereocenters. The highest BCUT2D eigenvalue weighted by Gasteiger charge is 2.51. The van der Waals surface area contributed by atoms with E-state index in [1.54, 1.807) is 0 Å². The number of thioether (sulfide) groups is 1. The summed E-state index contributed by atoms with van der Waals surface area (Å²) in [5.74, 6) is 1.16. The Hall–Kier alpha value is -0.580. The van der Waals surface area contributed by atoms with E-state index in [0.717, 1.165) is 23.2 Å². The van der Waals surface area contributed by atoms with E-state index >= 15 is 0 Å². The molecule has 2 aliphatic heterocycles. The quantitative estimate of drug-likeness (QED) is 0.849. The molecular weight excluding hydrogens is 292 g/mol. The average Bonchev–Trinajstić information content (AvgIpc) is 3.13. The van der Waals surface area contributed by atoms with Gasteiger partial charge in [0.25, 0.3) is 0 Å². The maximum Gasteiger partial charge on any atom is 0.0892 e. The lowest BCUT2D eigenvalue weighted by molar-refractivity contribution is 0.0157. The molecule has 0 bridgehead atoms. The number of rotatable bonds is 4. The van der Waals surface area contributed by atoms with Crippen molar-refractivity contribution in [1.82, 2.24) is 9.88 Å². The number of hydrogen-bond acceptors (Lipinski definition) is 4. The molecule has 120 valence electrons. The fourth-order valence-electron chi connectivity index (χ4n) is 4.23. The van der Waals surface area contributed by atoms with Crippen molar-refractivity contribution in [3.05, 3.63) is 29.6 Å². The summed E-state index contributed by atoms with van der Waals surface area (Å²) < 4.78 is 6.64. The van der Waals surface area contributed by atoms with Gasteiger partial charge in [0.2, 0.25) is 0 Å². The van der Waals surface area contributed by atoms with E-state index in [2.05, 4.69) is 33.8 Å². The zero-order valence-corrected chi connectivity index (χ0v) is 14.3. The number of pyridine rings is 1. The van der Waals surface area contributed by atoms with E-state index in [4.69, 9.17) is 4.74 Å². The highest BCUT2D eigenvalue weighted by molar-refractivity contribution is 8.01. The van der Waals surface area contributed by atoms with Crippen LogP contribution in [0.15, 0.2) is 18.2 Å². The monoisotopic (exact) mass is 318 g/mol. The van der Waals surface area contributed by atoms with Gasteiger partial charge in [0.1, 0.15) is 0 Å². The number of aromatic nitrogens is 1. The van der Waals surface area contributed by atoms with Crippen LogP contribution in [0.5, 0.6) is 0 Å². The first-order chi connectivity index (χ1) is 10.7. The molecule has 1 aromatic rings. The Morgan fingerprint density at radius 1 is 1.32 bits per heavy atom. The van der Waals surface area contributed by atoms with Crippen molar-refractivity contribution >= 4 is 11.8 Å². The third-order valence-corrected chi connectivity index (χ3v) is 6.99. The van der Waals surface area contributed by atoms with Crippen molar-refractivity contribution in [3.8, 4) is 0 Å². The van der Waals surface area contributed by atoms with Crippen molar-refractivity contribution in [1.29, 1.82) is 0 Å². The van der Waals surface area contributed by atoms with Crippen LogP contribution in [0.4, 0.5) is 0 Å². The van der Waals surface area contributed by atoms with Crippen molar-refractivity contribution in [2.45, 2.75) is 62.5 Å². The maximum absolute atomic E-state index is 6.13. The van der Waals surface area contributed by atoms with Gasteiger partial charge >= 0.3 is 0 Å². The molecule has 4 heteroatoms. The normalized spacial score (nSPS) is 28.3. The first-order valence-electron chi connectivity index (χ1n) is 8.65. The van der Waals surface area contributed by atoms with Gasteiger partial charge < -0.3 is 4.74 Å². The van der Waals surface area contributed by atoms with Gasteiger partial charge in [-0.05, 0) is 38.3 Å². The number of likely N-dealkylation sites (tertiary alicyclic amines) is 1. The van der Waals surface area contributed by atoms with E-state index < -0.39 is 0 Å². The van der Waals surface area contributed by atoms with Crippen molar-refractivity contribution in [2.75, 3.05) is 18.8 Å². The van der Waals surface area contributed by atoms with Gasteiger partial charge in [-0.2, -0.15) is 0 Å². The van der Waals surface area contributed by atoms with Gasteiger partial charge in [-0.3, -0.25) is 9.88 Å². The lowest BCUT2D eigenvalue weighted by atomic mass is 9.91. The number of hydrogen-bond donors (Lipinski definition) is 0. The van der Waals surface area contributed by atoms with E-state index in [-0.39, 0.29) is 0 Å². The van der Waals surface area contributed by atoms with E-state index in [1.165, 1.54) is 45.2 Å². The van der Waals surface area contributed by atoms with Crippen LogP contribution in [-0.4, -0.2) is 45.6 Å². The predicted molar refractivity (Wildman–Crippen MR) is 91.2 cm³/mol. The molecule has 3 fully saturated rings. The first-order valence-corrected chi connectivity index (χ1v) is 9.63. The topological polar surface area (TPSA) is 25.4 Å². The molecular formula is C18H26N2OS. The van der Waals surface area contributed by atoms with Gasteiger partial charge in [0.05, 0.1) is 18.4 Å². The predicted octanol–water partition coefficient (Wildman–Crippen LogP) is 3.41. The summed E-state index contributed by atoms with van der Waals surface area (Å²) in [6.45, 7) is 5.29. The molecule has 0 N–H and O–H groups in total. The van der Waals surface area contributed by atoms with Crippen molar-refractivity contribution in [2.24, 2.45) is 0 Å². The Kier molecular flexibility index (Phi) is 4.18. The van der Waals surface area contributed by atoms with Crippen LogP contribution in [0.3, 0.4) is 0 Å². The van der Waals surface area contributed by atoms with E-state index in [1.807, 2.05) is 13.0 Å². The second-order valence-corrected chi connectivity index (χ2v) is 8.73. The fraction of sp³-hybridized carbons (Fsp3) is 0.722. The Bertz CT molecular complexity index is 524. The lowest BCUT2D eigenvalue weighted by Gasteiger charge is -2.50.